The molecule has 0 amide bonds. The normalized spacial score (nSPS) is 10.3. The predicted molar refractivity (Wildman–Crippen MR) is 64.9 cm³/mol. The Kier molecular flexibility index (Phi) is 4.39. The molecule has 78 valence electrons. The third-order valence-corrected chi connectivity index (χ3v) is 2.66. The van der Waals surface area contributed by atoms with E-state index in [4.69, 9.17) is 0 Å². The van der Waals surface area contributed by atoms with Gasteiger partial charge in [0.25, 0.3) is 0 Å². The van der Waals surface area contributed by atoms with Crippen LogP contribution in [-0.2, 0) is 0 Å². The molecule has 1 heterocycles. The summed E-state index contributed by atoms with van der Waals surface area (Å²) in [7, 11) is 2.10. The van der Waals surface area contributed by atoms with Crippen LogP contribution < -0.4 is 4.90 Å². The van der Waals surface area contributed by atoms with E-state index in [1.807, 2.05) is 6.20 Å². The second-order valence-corrected chi connectivity index (χ2v) is 4.48. The van der Waals surface area contributed by atoms with Gasteiger partial charge >= 0.3 is 0 Å². The van der Waals surface area contributed by atoms with E-state index in [9.17, 15) is 0 Å². The molecule has 0 radical (unpaired) electrons. The highest BCUT2D eigenvalue weighted by molar-refractivity contribution is 9.10. The summed E-state index contributed by atoms with van der Waals surface area (Å²) in [5.74, 6) is 1.08. The number of hydrogen-bond acceptors (Lipinski definition) is 2. The minimum atomic E-state index is 1.04. The molecular weight excluding hydrogens is 240 g/mol. The van der Waals surface area contributed by atoms with Crippen molar-refractivity contribution in [1.82, 2.24) is 4.98 Å². The van der Waals surface area contributed by atoms with E-state index in [0.717, 1.165) is 16.8 Å². The fraction of sp³-hybridized carbons (Fsp3) is 0.545. The average molecular weight is 257 g/mol. The number of pyridine rings is 1. The second-order valence-electron chi connectivity index (χ2n) is 3.57. The molecule has 0 aliphatic rings. The molecule has 0 unspecified atom stereocenters. The molecule has 0 aliphatic carbocycles. The molecule has 1 rings (SSSR count). The molecule has 0 atom stereocenters. The lowest BCUT2D eigenvalue weighted by atomic mass is 10.2. The Hall–Kier alpha value is -0.570. The van der Waals surface area contributed by atoms with Gasteiger partial charge in [-0.05, 0) is 40.9 Å². The van der Waals surface area contributed by atoms with E-state index >= 15 is 0 Å². The lowest BCUT2D eigenvalue weighted by Gasteiger charge is -2.19. The summed E-state index contributed by atoms with van der Waals surface area (Å²) in [6.07, 6.45) is 4.29. The van der Waals surface area contributed by atoms with Crippen LogP contribution in [0.1, 0.15) is 25.3 Å². The number of halogens is 1. The number of unbranched alkanes of at least 4 members (excludes halogenated alkanes) is 1. The van der Waals surface area contributed by atoms with E-state index in [1.54, 1.807) is 0 Å². The SMILES string of the molecule is CCCCN(C)c1ncc(Br)cc1C. The molecule has 14 heavy (non-hydrogen) atoms. The first-order valence-corrected chi connectivity index (χ1v) is 5.77. The van der Waals surface area contributed by atoms with Gasteiger partial charge in [0.05, 0.1) is 0 Å². The van der Waals surface area contributed by atoms with Gasteiger partial charge in [-0.1, -0.05) is 13.3 Å². The highest BCUT2D eigenvalue weighted by Crippen LogP contribution is 2.19. The fourth-order valence-electron chi connectivity index (χ4n) is 1.43. The molecule has 0 aromatic carbocycles. The van der Waals surface area contributed by atoms with Gasteiger partial charge in [-0.15, -0.1) is 0 Å². The van der Waals surface area contributed by atoms with E-state index in [-0.39, 0.29) is 0 Å². The number of nitrogens with zero attached hydrogens (tertiary/aromatic N) is 2. The van der Waals surface area contributed by atoms with Crippen molar-refractivity contribution >= 4 is 21.7 Å². The van der Waals surface area contributed by atoms with Gasteiger partial charge in [0.15, 0.2) is 0 Å². The summed E-state index contributed by atoms with van der Waals surface area (Å²) in [6.45, 7) is 5.37. The topological polar surface area (TPSA) is 16.1 Å². The van der Waals surface area contributed by atoms with Gasteiger partial charge < -0.3 is 4.90 Å². The van der Waals surface area contributed by atoms with Crippen LogP contribution in [0.2, 0.25) is 0 Å². The van der Waals surface area contributed by atoms with Gasteiger partial charge in [0.2, 0.25) is 0 Å². The molecule has 0 saturated carbocycles. The number of aryl methyl sites for hydroxylation is 1. The molecule has 0 bridgehead atoms. The minimum absolute atomic E-state index is 1.04. The van der Waals surface area contributed by atoms with Crippen LogP contribution in [0.4, 0.5) is 5.82 Å². The summed E-state index contributed by atoms with van der Waals surface area (Å²) >= 11 is 3.42. The Bertz CT molecular complexity index is 299. The van der Waals surface area contributed by atoms with Gasteiger partial charge in [0.1, 0.15) is 5.82 Å². The Balaban J connectivity index is 2.74. The van der Waals surface area contributed by atoms with Crippen LogP contribution in [0.5, 0.6) is 0 Å². The highest BCUT2D eigenvalue weighted by Gasteiger charge is 2.05. The number of rotatable bonds is 4. The molecule has 0 N–H and O–H groups in total. The van der Waals surface area contributed by atoms with Gasteiger partial charge in [-0.2, -0.15) is 0 Å². The molecule has 0 aliphatic heterocycles. The number of aromatic nitrogens is 1. The summed E-state index contributed by atoms with van der Waals surface area (Å²) in [4.78, 5) is 6.62. The van der Waals surface area contributed by atoms with E-state index in [1.165, 1.54) is 18.4 Å². The maximum atomic E-state index is 4.41. The monoisotopic (exact) mass is 256 g/mol. The quantitative estimate of drug-likeness (QED) is 0.821. The van der Waals surface area contributed by atoms with Crippen molar-refractivity contribution in [2.45, 2.75) is 26.7 Å². The zero-order chi connectivity index (χ0) is 10.6. The van der Waals surface area contributed by atoms with Crippen LogP contribution >= 0.6 is 15.9 Å². The van der Waals surface area contributed by atoms with Crippen LogP contribution in [0.3, 0.4) is 0 Å². The Morgan fingerprint density at radius 1 is 1.50 bits per heavy atom. The summed E-state index contributed by atoms with van der Waals surface area (Å²) in [5.41, 5.74) is 1.22. The molecule has 0 saturated heterocycles. The molecule has 0 fully saturated rings. The first kappa shape index (κ1) is 11.5. The van der Waals surface area contributed by atoms with Crippen LogP contribution in [0, 0.1) is 6.92 Å². The molecule has 3 heteroatoms. The standard InChI is InChI=1S/C11H17BrN2/c1-4-5-6-14(3)11-9(2)7-10(12)8-13-11/h7-8H,4-6H2,1-3H3. The molecule has 0 spiro atoms. The largest absolute Gasteiger partial charge is 0.359 e. The smallest absolute Gasteiger partial charge is 0.131 e. The Morgan fingerprint density at radius 2 is 2.21 bits per heavy atom. The maximum absolute atomic E-state index is 4.41. The maximum Gasteiger partial charge on any atom is 0.131 e. The zero-order valence-electron chi connectivity index (χ0n) is 9.05. The molecular formula is C11H17BrN2. The molecule has 1 aromatic heterocycles. The zero-order valence-corrected chi connectivity index (χ0v) is 10.6. The molecule has 2 nitrogen and oxygen atoms in total. The van der Waals surface area contributed by atoms with Crippen molar-refractivity contribution in [2.75, 3.05) is 18.5 Å². The summed E-state index contributed by atoms with van der Waals surface area (Å²) in [6, 6.07) is 2.10. The van der Waals surface area contributed by atoms with Gasteiger partial charge in [-0.25, -0.2) is 4.98 Å². The molecule has 1 aromatic rings. The van der Waals surface area contributed by atoms with Crippen LogP contribution in [0.25, 0.3) is 0 Å². The van der Waals surface area contributed by atoms with Crippen molar-refractivity contribution in [3.8, 4) is 0 Å². The van der Waals surface area contributed by atoms with Crippen LogP contribution in [0.15, 0.2) is 16.7 Å². The Labute approximate surface area is 94.5 Å². The van der Waals surface area contributed by atoms with Crippen molar-refractivity contribution < 1.29 is 0 Å². The Morgan fingerprint density at radius 3 is 2.79 bits per heavy atom. The lowest BCUT2D eigenvalue weighted by molar-refractivity contribution is 0.757. The van der Waals surface area contributed by atoms with E-state index in [2.05, 4.69) is 52.8 Å². The minimum Gasteiger partial charge on any atom is -0.359 e. The first-order chi connectivity index (χ1) is 6.65. The van der Waals surface area contributed by atoms with Gasteiger partial charge in [-0.3, -0.25) is 0 Å². The summed E-state index contributed by atoms with van der Waals surface area (Å²) in [5, 5.41) is 0. The van der Waals surface area contributed by atoms with Crippen LogP contribution in [-0.4, -0.2) is 18.6 Å². The average Bonchev–Trinajstić information content (AvgIpc) is 2.14. The first-order valence-electron chi connectivity index (χ1n) is 4.98. The summed E-state index contributed by atoms with van der Waals surface area (Å²) < 4.78 is 1.04. The van der Waals surface area contributed by atoms with Crippen molar-refractivity contribution in [3.63, 3.8) is 0 Å². The highest BCUT2D eigenvalue weighted by atomic mass is 79.9. The van der Waals surface area contributed by atoms with Crippen molar-refractivity contribution in [3.05, 3.63) is 22.3 Å². The fourth-order valence-corrected chi connectivity index (χ4v) is 1.88. The van der Waals surface area contributed by atoms with E-state index in [0.29, 0.717) is 0 Å². The second kappa shape index (κ2) is 5.35. The third kappa shape index (κ3) is 2.98. The number of anilines is 1. The van der Waals surface area contributed by atoms with Crippen molar-refractivity contribution in [2.24, 2.45) is 0 Å². The van der Waals surface area contributed by atoms with Gasteiger partial charge in [0, 0.05) is 24.3 Å². The third-order valence-electron chi connectivity index (χ3n) is 2.23. The lowest BCUT2D eigenvalue weighted by Crippen LogP contribution is -2.20. The van der Waals surface area contributed by atoms with Crippen molar-refractivity contribution in [1.29, 1.82) is 0 Å². The predicted octanol–water partition coefficient (Wildman–Crippen LogP) is 3.39. The number of hydrogen-bond donors (Lipinski definition) is 0. The van der Waals surface area contributed by atoms with E-state index < -0.39 is 0 Å².